The molecule has 1 heterocycles. The molecule has 0 bridgehead atoms. The molecule has 0 fully saturated rings. The average Bonchev–Trinajstić information content (AvgIpc) is 2.54. The van der Waals surface area contributed by atoms with E-state index < -0.39 is 36.8 Å². The van der Waals surface area contributed by atoms with Crippen LogP contribution in [0.1, 0.15) is 83.1 Å². The zero-order chi connectivity index (χ0) is 23.0. The second kappa shape index (κ2) is 7.27. The summed E-state index contributed by atoms with van der Waals surface area (Å²) in [5.41, 5.74) is 0. The van der Waals surface area contributed by atoms with Crippen molar-refractivity contribution in [2.75, 3.05) is 0 Å². The molecule has 0 atom stereocenters. The third-order valence-electron chi connectivity index (χ3n) is 7.97. The Morgan fingerprint density at radius 3 is 0.667 bits per heavy atom. The summed E-state index contributed by atoms with van der Waals surface area (Å²) < 4.78 is 8.49. The van der Waals surface area contributed by atoms with Crippen molar-refractivity contribution in [2.45, 2.75) is 96.8 Å². The maximum atomic E-state index is 2.58. The molecule has 0 spiro atoms. The Morgan fingerprint density at radius 1 is 0.367 bits per heavy atom. The van der Waals surface area contributed by atoms with Crippen LogP contribution >= 0.6 is 0 Å². The first-order valence-electron chi connectivity index (χ1n) is 11.7. The Hall–Kier alpha value is 0.0374. The van der Waals surface area contributed by atoms with Crippen LogP contribution in [-0.4, -0.2) is 36.8 Å². The molecule has 2 heteroatoms. The van der Waals surface area contributed by atoms with Crippen LogP contribution in [0.2, 0.25) is 13.7 Å². The average molecular weight is 618 g/mol. The molecule has 0 aliphatic carbocycles. The fourth-order valence-corrected chi connectivity index (χ4v) is 64.9. The van der Waals surface area contributed by atoms with E-state index in [-0.39, 0.29) is 0 Å². The molecular formula is C28H44Sn2. The van der Waals surface area contributed by atoms with E-state index in [9.17, 15) is 0 Å². The monoisotopic (exact) mass is 620 g/mol. The molecule has 0 nitrogen and oxygen atoms in total. The Balaban J connectivity index is 2.72. The van der Waals surface area contributed by atoms with Gasteiger partial charge in [0.2, 0.25) is 0 Å². The first-order chi connectivity index (χ1) is 13.5. The van der Waals surface area contributed by atoms with Crippen LogP contribution < -0.4 is 14.3 Å². The number of rotatable bonds is 0. The van der Waals surface area contributed by atoms with Gasteiger partial charge in [0.15, 0.2) is 0 Å². The van der Waals surface area contributed by atoms with Crippen molar-refractivity contribution >= 4 is 51.1 Å². The minimum absolute atomic E-state index is 0.299. The first-order valence-corrected chi connectivity index (χ1v) is 23.1. The minimum atomic E-state index is -3.19. The zero-order valence-electron chi connectivity index (χ0n) is 21.6. The van der Waals surface area contributed by atoms with Crippen LogP contribution in [0.4, 0.5) is 0 Å². The van der Waals surface area contributed by atoms with Crippen molar-refractivity contribution in [2.24, 2.45) is 0 Å². The number of hydrogen-bond acceptors (Lipinski definition) is 0. The molecule has 2 aromatic rings. The summed E-state index contributed by atoms with van der Waals surface area (Å²) in [5, 5.41) is 0. The van der Waals surface area contributed by atoms with E-state index in [1.807, 2.05) is 14.3 Å². The fraction of sp³-hybridized carbons (Fsp3) is 0.571. The van der Waals surface area contributed by atoms with Crippen LogP contribution in [-0.2, 0) is 0 Å². The molecule has 30 heavy (non-hydrogen) atoms. The van der Waals surface area contributed by atoms with Crippen molar-refractivity contribution in [3.63, 3.8) is 0 Å². The Labute approximate surface area is 195 Å². The Bertz CT molecular complexity index is 783. The molecule has 0 saturated carbocycles. The van der Waals surface area contributed by atoms with Gasteiger partial charge in [-0.05, 0) is 0 Å². The van der Waals surface area contributed by atoms with E-state index in [2.05, 4.69) is 132 Å². The van der Waals surface area contributed by atoms with Crippen molar-refractivity contribution in [1.82, 2.24) is 0 Å². The summed E-state index contributed by atoms with van der Waals surface area (Å²) in [6.07, 6.45) is 0. The summed E-state index contributed by atoms with van der Waals surface area (Å²) in [5.74, 6) is 0. The first kappa shape index (κ1) is 24.7. The normalized spacial score (nSPS) is 18.5. The van der Waals surface area contributed by atoms with Crippen molar-refractivity contribution in [3.05, 3.63) is 48.5 Å². The molecule has 0 N–H and O–H groups in total. The van der Waals surface area contributed by atoms with Crippen LogP contribution in [0.3, 0.4) is 0 Å². The number of benzene rings is 2. The molecule has 1 aliphatic heterocycles. The van der Waals surface area contributed by atoms with Crippen LogP contribution in [0, 0.1) is 0 Å². The molecule has 0 unspecified atom stereocenters. The van der Waals surface area contributed by atoms with Crippen LogP contribution in [0.5, 0.6) is 0 Å². The van der Waals surface area contributed by atoms with E-state index >= 15 is 0 Å². The van der Waals surface area contributed by atoms with E-state index in [1.165, 1.54) is 0 Å². The van der Waals surface area contributed by atoms with E-state index in [4.69, 9.17) is 0 Å². The second-order valence-corrected chi connectivity index (χ2v) is 45.4. The van der Waals surface area contributed by atoms with Crippen LogP contribution in [0.15, 0.2) is 48.5 Å². The number of hydrogen-bond donors (Lipinski definition) is 0. The molecule has 0 saturated heterocycles. The molecule has 0 amide bonds. The predicted octanol–water partition coefficient (Wildman–Crippen LogP) is 6.33. The summed E-state index contributed by atoms with van der Waals surface area (Å²) in [4.78, 5) is 0. The summed E-state index contributed by atoms with van der Waals surface area (Å²) in [6.45, 7) is 30.6. The van der Waals surface area contributed by atoms with Gasteiger partial charge in [0.1, 0.15) is 0 Å². The van der Waals surface area contributed by atoms with Crippen molar-refractivity contribution in [1.29, 1.82) is 0 Å². The Kier molecular flexibility index (Phi) is 5.98. The number of fused-ring (bicyclic) bond motifs is 2. The topological polar surface area (TPSA) is 0 Å². The van der Waals surface area contributed by atoms with Gasteiger partial charge in [0.05, 0.1) is 0 Å². The van der Waals surface area contributed by atoms with Gasteiger partial charge in [-0.25, -0.2) is 0 Å². The van der Waals surface area contributed by atoms with Gasteiger partial charge in [0, 0.05) is 0 Å². The maximum absolute atomic E-state index is 3.19. The molecule has 0 radical (unpaired) electrons. The summed E-state index contributed by atoms with van der Waals surface area (Å²) in [6, 6.07) is 19.7. The zero-order valence-corrected chi connectivity index (χ0v) is 27.3. The van der Waals surface area contributed by atoms with Gasteiger partial charge in [-0.3, -0.25) is 0 Å². The van der Waals surface area contributed by atoms with Gasteiger partial charge < -0.3 is 0 Å². The molecule has 0 aromatic heterocycles. The third-order valence-corrected chi connectivity index (χ3v) is 51.9. The molecular weight excluding hydrogens is 574 g/mol. The summed E-state index contributed by atoms with van der Waals surface area (Å²) in [7, 11) is 0. The molecule has 2 aromatic carbocycles. The standard InChI is InChI=1S/2C6H4.4C4H9.2Sn/c2*1-2-4-6-5-3-1;4*1-4(2)3;;/h2*1-4H;4*1-3H3;;. The van der Waals surface area contributed by atoms with Gasteiger partial charge in [-0.15, -0.1) is 0 Å². The quantitative estimate of drug-likeness (QED) is 0.303. The van der Waals surface area contributed by atoms with Gasteiger partial charge in [-0.2, -0.15) is 0 Å². The van der Waals surface area contributed by atoms with Gasteiger partial charge >= 0.3 is 196 Å². The van der Waals surface area contributed by atoms with E-state index in [0.717, 1.165) is 0 Å². The molecule has 1 aliphatic rings. The van der Waals surface area contributed by atoms with Gasteiger partial charge in [0.25, 0.3) is 0 Å². The summed E-state index contributed by atoms with van der Waals surface area (Å²) >= 11 is -6.38. The SMILES string of the molecule is C[C](C)(C)[Sn]1([C](C)(C)C)[c]2cccc[c]2[Sn]([C](C)(C)C)([C](C)(C)C)[c]2cccc[c]21. The van der Waals surface area contributed by atoms with Crippen LogP contribution in [0.25, 0.3) is 0 Å². The third kappa shape index (κ3) is 3.05. The predicted molar refractivity (Wildman–Crippen MR) is 142 cm³/mol. The fourth-order valence-electron chi connectivity index (χ4n) is 8.05. The Morgan fingerprint density at radius 2 is 0.533 bits per heavy atom. The van der Waals surface area contributed by atoms with Crippen molar-refractivity contribution in [3.8, 4) is 0 Å². The van der Waals surface area contributed by atoms with Crippen molar-refractivity contribution < 1.29 is 0 Å². The van der Waals surface area contributed by atoms with E-state index in [1.54, 1.807) is 0 Å². The molecule has 164 valence electrons. The molecule has 3 rings (SSSR count). The van der Waals surface area contributed by atoms with Gasteiger partial charge in [-0.1, -0.05) is 0 Å². The van der Waals surface area contributed by atoms with E-state index in [0.29, 0.717) is 13.7 Å². The second-order valence-electron chi connectivity index (χ2n) is 13.6.